The molecule has 1 saturated heterocycles. The van der Waals surface area contributed by atoms with Crippen LogP contribution in [0.25, 0.3) is 0 Å². The molecule has 0 saturated carbocycles. The molecule has 1 aliphatic heterocycles. The van der Waals surface area contributed by atoms with Gasteiger partial charge >= 0.3 is 0 Å². The number of alkyl halides is 2. The van der Waals surface area contributed by atoms with Crippen LogP contribution in [0.5, 0.6) is 5.75 Å². The van der Waals surface area contributed by atoms with Gasteiger partial charge in [-0.25, -0.2) is 13.2 Å². The quantitative estimate of drug-likeness (QED) is 0.544. The fourth-order valence-corrected chi connectivity index (χ4v) is 3.94. The first-order chi connectivity index (χ1) is 15.7. The average Bonchev–Trinajstić information content (AvgIpc) is 2.76. The van der Waals surface area contributed by atoms with Crippen molar-refractivity contribution in [1.29, 1.82) is 0 Å². The van der Waals surface area contributed by atoms with Crippen molar-refractivity contribution in [3.63, 3.8) is 0 Å². The Morgan fingerprint density at radius 3 is 2.21 bits per heavy atom. The predicted octanol–water partition coefficient (Wildman–Crippen LogP) is 4.91. The molecule has 0 radical (unpaired) electrons. The summed E-state index contributed by atoms with van der Waals surface area (Å²) in [5.41, 5.74) is 1.75. The number of nitrogens with one attached hydrogen (secondary N) is 1. The highest BCUT2D eigenvalue weighted by Crippen LogP contribution is 2.26. The van der Waals surface area contributed by atoms with E-state index in [1.807, 2.05) is 24.3 Å². The first-order valence-corrected chi connectivity index (χ1v) is 11.3. The number of rotatable bonds is 10. The molecule has 33 heavy (non-hydrogen) atoms. The molecule has 1 aliphatic rings. The van der Waals surface area contributed by atoms with Crippen molar-refractivity contribution in [2.45, 2.75) is 45.3 Å². The molecule has 2 aromatic rings. The molecule has 1 heterocycles. The summed E-state index contributed by atoms with van der Waals surface area (Å²) in [6.07, 6.45) is -2.76. The van der Waals surface area contributed by atoms with E-state index in [2.05, 4.69) is 25.7 Å². The molecule has 2 unspecified atom stereocenters. The fourth-order valence-electron chi connectivity index (χ4n) is 3.94. The molecule has 1 fully saturated rings. The summed E-state index contributed by atoms with van der Waals surface area (Å²) in [6.45, 7) is 9.89. The predicted molar refractivity (Wildman–Crippen MR) is 126 cm³/mol. The number of likely N-dealkylation sites (tertiary alicyclic amines) is 1. The molecule has 3 rings (SSSR count). The van der Waals surface area contributed by atoms with Gasteiger partial charge in [0.25, 0.3) is 0 Å². The van der Waals surface area contributed by atoms with Crippen LogP contribution in [0.4, 0.5) is 13.2 Å². The van der Waals surface area contributed by atoms with Crippen molar-refractivity contribution in [3.8, 4) is 5.75 Å². The van der Waals surface area contributed by atoms with Crippen LogP contribution in [0, 0.1) is 11.7 Å². The van der Waals surface area contributed by atoms with Gasteiger partial charge in [0, 0.05) is 26.2 Å². The second-order valence-electron chi connectivity index (χ2n) is 9.15. The minimum atomic E-state index is -1.38. The van der Waals surface area contributed by atoms with Gasteiger partial charge in [-0.15, -0.1) is 0 Å². The Balaban J connectivity index is 1.70. The van der Waals surface area contributed by atoms with Crippen LogP contribution in [0.1, 0.15) is 25.0 Å². The normalized spacial score (nSPS) is 21.1. The highest BCUT2D eigenvalue weighted by Gasteiger charge is 2.40. The summed E-state index contributed by atoms with van der Waals surface area (Å²) in [5.74, 6) is 1.32. The Hall–Kier alpha value is -2.67. The molecule has 4 nitrogen and oxygen atoms in total. The number of hydrogen-bond acceptors (Lipinski definition) is 4. The monoisotopic (exact) mass is 461 g/mol. The van der Waals surface area contributed by atoms with Gasteiger partial charge in [0.05, 0.1) is 18.5 Å². The minimum absolute atomic E-state index is 0.149. The van der Waals surface area contributed by atoms with Crippen molar-refractivity contribution < 1.29 is 17.9 Å². The highest BCUT2D eigenvalue weighted by molar-refractivity contribution is 5.27. The molecule has 0 aromatic heterocycles. The van der Waals surface area contributed by atoms with Gasteiger partial charge in [0.1, 0.15) is 23.9 Å². The molecule has 7 heteroatoms. The largest absolute Gasteiger partial charge is 0.493 e. The molecule has 0 amide bonds. The molecular weight excluding hydrogens is 427 g/mol. The first-order valence-electron chi connectivity index (χ1n) is 11.3. The number of ether oxygens (including phenoxy) is 1. The van der Waals surface area contributed by atoms with Gasteiger partial charge in [-0.1, -0.05) is 44.7 Å². The Labute approximate surface area is 195 Å². The van der Waals surface area contributed by atoms with E-state index in [9.17, 15) is 13.2 Å². The Morgan fingerprint density at radius 1 is 1.06 bits per heavy atom. The van der Waals surface area contributed by atoms with Crippen LogP contribution in [0.3, 0.4) is 0 Å². The van der Waals surface area contributed by atoms with Crippen molar-refractivity contribution in [2.24, 2.45) is 5.92 Å². The molecule has 2 aromatic carbocycles. The molecule has 1 N–H and O–H groups in total. The number of halogens is 3. The number of hydrogen-bond donors (Lipinski definition) is 1. The zero-order valence-electron chi connectivity index (χ0n) is 19.6. The summed E-state index contributed by atoms with van der Waals surface area (Å²) >= 11 is 0. The minimum Gasteiger partial charge on any atom is -0.493 e. The molecule has 0 aliphatic carbocycles. The second kappa shape index (κ2) is 11.5. The maximum atomic E-state index is 15.0. The van der Waals surface area contributed by atoms with E-state index in [1.165, 1.54) is 12.1 Å². The topological polar surface area (TPSA) is 27.7 Å². The molecular formula is C26H34F3N3O. The van der Waals surface area contributed by atoms with E-state index in [1.54, 1.807) is 29.0 Å². The van der Waals surface area contributed by atoms with E-state index in [0.29, 0.717) is 24.9 Å². The van der Waals surface area contributed by atoms with Gasteiger partial charge < -0.3 is 19.9 Å². The maximum absolute atomic E-state index is 15.0. The van der Waals surface area contributed by atoms with Crippen LogP contribution in [-0.4, -0.2) is 54.9 Å². The average molecular weight is 462 g/mol. The van der Waals surface area contributed by atoms with E-state index in [-0.39, 0.29) is 25.5 Å². The van der Waals surface area contributed by atoms with E-state index >= 15 is 0 Å². The smallest absolute Gasteiger partial charge is 0.136 e. The van der Waals surface area contributed by atoms with Crippen molar-refractivity contribution in [2.75, 3.05) is 26.7 Å². The van der Waals surface area contributed by atoms with Crippen LogP contribution in [0.15, 0.2) is 60.9 Å². The lowest BCUT2D eigenvalue weighted by Crippen LogP contribution is -2.58. The lowest BCUT2D eigenvalue weighted by molar-refractivity contribution is -0.00564. The van der Waals surface area contributed by atoms with Crippen molar-refractivity contribution in [3.05, 3.63) is 77.9 Å². The third kappa shape index (κ3) is 7.16. The van der Waals surface area contributed by atoms with Gasteiger partial charge in [0.2, 0.25) is 0 Å². The summed E-state index contributed by atoms with van der Waals surface area (Å²) in [5, 5.41) is 3.22. The summed E-state index contributed by atoms with van der Waals surface area (Å²) in [7, 11) is 1.71. The van der Waals surface area contributed by atoms with Gasteiger partial charge in [-0.3, -0.25) is 0 Å². The SMILES string of the molecule is C=C(NCc1ccc(OCC(C)C)cc1)N(Cc1ccc(F)cc1)C1C(F)CN(C)CC1F. The number of nitrogens with zero attached hydrogens (tertiary/aromatic N) is 2. The Morgan fingerprint density at radius 2 is 1.64 bits per heavy atom. The maximum Gasteiger partial charge on any atom is 0.136 e. The lowest BCUT2D eigenvalue weighted by Gasteiger charge is -2.43. The summed E-state index contributed by atoms with van der Waals surface area (Å²) < 4.78 is 49.1. The van der Waals surface area contributed by atoms with Gasteiger partial charge in [-0.05, 0) is 48.4 Å². The van der Waals surface area contributed by atoms with Crippen molar-refractivity contribution >= 4 is 0 Å². The summed E-state index contributed by atoms with van der Waals surface area (Å²) in [4.78, 5) is 3.29. The van der Waals surface area contributed by atoms with E-state index in [4.69, 9.17) is 4.74 Å². The highest BCUT2D eigenvalue weighted by atomic mass is 19.1. The zero-order valence-corrected chi connectivity index (χ0v) is 19.6. The first kappa shape index (κ1) is 25.0. The Kier molecular flexibility index (Phi) is 8.67. The van der Waals surface area contributed by atoms with Gasteiger partial charge in [0.15, 0.2) is 0 Å². The van der Waals surface area contributed by atoms with E-state index in [0.717, 1.165) is 16.9 Å². The lowest BCUT2D eigenvalue weighted by atomic mass is 9.99. The van der Waals surface area contributed by atoms with Crippen LogP contribution < -0.4 is 10.1 Å². The molecule has 180 valence electrons. The molecule has 0 spiro atoms. The van der Waals surface area contributed by atoms with Gasteiger partial charge in [-0.2, -0.15) is 0 Å². The second-order valence-corrected chi connectivity index (χ2v) is 9.15. The summed E-state index contributed by atoms with van der Waals surface area (Å²) in [6, 6.07) is 12.7. The standard InChI is InChI=1S/C26H34F3N3O/c1-18(2)17-33-23-11-7-20(8-12-23)13-30-19(3)32(14-21-5-9-22(27)10-6-21)26-24(28)15-31(4)16-25(26)29/h5-12,18,24-26,30H,3,13-17H2,1-2,4H3. The zero-order chi connectivity index (χ0) is 24.0. The Bertz CT molecular complexity index is 877. The molecule has 0 bridgehead atoms. The third-order valence-corrected chi connectivity index (χ3v) is 5.69. The fraction of sp³-hybridized carbons (Fsp3) is 0.462. The number of piperidine rings is 1. The van der Waals surface area contributed by atoms with Crippen LogP contribution >= 0.6 is 0 Å². The third-order valence-electron chi connectivity index (χ3n) is 5.69. The van der Waals surface area contributed by atoms with Crippen molar-refractivity contribution in [1.82, 2.24) is 15.1 Å². The number of benzene rings is 2. The van der Waals surface area contributed by atoms with E-state index < -0.39 is 18.4 Å². The van der Waals surface area contributed by atoms with Crippen LogP contribution in [0.2, 0.25) is 0 Å². The molecule has 2 atom stereocenters. The van der Waals surface area contributed by atoms with Crippen LogP contribution in [-0.2, 0) is 13.1 Å².